The van der Waals surface area contributed by atoms with E-state index in [2.05, 4.69) is 34.3 Å². The van der Waals surface area contributed by atoms with Gasteiger partial charge in [0.25, 0.3) is 5.91 Å². The van der Waals surface area contributed by atoms with Gasteiger partial charge in [-0.2, -0.15) is 5.10 Å². The molecule has 1 fully saturated rings. The van der Waals surface area contributed by atoms with Crippen LogP contribution in [0.25, 0.3) is 5.65 Å². The fourth-order valence-electron chi connectivity index (χ4n) is 4.57. The predicted molar refractivity (Wildman–Crippen MR) is 119 cm³/mol. The molecule has 0 bridgehead atoms. The molecule has 2 amide bonds. The number of carbonyl (C=O) groups is 2. The first-order chi connectivity index (χ1) is 14.9. The summed E-state index contributed by atoms with van der Waals surface area (Å²) in [6, 6.07) is 10.6. The minimum absolute atomic E-state index is 0.190. The second-order valence-corrected chi connectivity index (χ2v) is 8.43. The second kappa shape index (κ2) is 8.88. The average molecular weight is 420 g/mol. The molecule has 0 radical (unpaired) electrons. The van der Waals surface area contributed by atoms with Gasteiger partial charge in [-0.1, -0.05) is 30.3 Å². The number of nitrogens with two attached hydrogens (primary N) is 1. The third kappa shape index (κ3) is 4.45. The van der Waals surface area contributed by atoms with Crippen LogP contribution in [0.5, 0.6) is 0 Å². The Bertz CT molecular complexity index is 1100. The number of piperidine rings is 1. The van der Waals surface area contributed by atoms with Crippen LogP contribution in [-0.4, -0.2) is 44.4 Å². The summed E-state index contributed by atoms with van der Waals surface area (Å²) in [5.74, 6) is 0.289. The van der Waals surface area contributed by atoms with Gasteiger partial charge >= 0.3 is 0 Å². The van der Waals surface area contributed by atoms with Crippen LogP contribution in [0.15, 0.2) is 36.5 Å². The van der Waals surface area contributed by atoms with E-state index in [-0.39, 0.29) is 5.91 Å². The summed E-state index contributed by atoms with van der Waals surface area (Å²) < 4.78 is 1.64. The summed E-state index contributed by atoms with van der Waals surface area (Å²) in [6.45, 7) is 5.49. The van der Waals surface area contributed by atoms with Crippen molar-refractivity contribution in [3.8, 4) is 0 Å². The minimum atomic E-state index is -0.542. The Morgan fingerprint density at radius 3 is 2.52 bits per heavy atom. The summed E-state index contributed by atoms with van der Waals surface area (Å²) in [4.78, 5) is 30.9. The van der Waals surface area contributed by atoms with E-state index >= 15 is 0 Å². The molecule has 2 aromatic heterocycles. The van der Waals surface area contributed by atoms with Crippen molar-refractivity contribution < 1.29 is 9.59 Å². The predicted octanol–water partition coefficient (Wildman–Crippen LogP) is 2.86. The zero-order valence-electron chi connectivity index (χ0n) is 18.2. The van der Waals surface area contributed by atoms with Crippen molar-refractivity contribution in [2.24, 2.45) is 11.7 Å². The molecular formula is C24H29N5O2. The fourth-order valence-corrected chi connectivity index (χ4v) is 4.57. The van der Waals surface area contributed by atoms with Gasteiger partial charge in [0.15, 0.2) is 5.65 Å². The third-order valence-corrected chi connectivity index (χ3v) is 6.40. The number of hydrogen-bond acceptors (Lipinski definition) is 4. The molecule has 0 saturated carbocycles. The quantitative estimate of drug-likeness (QED) is 0.665. The molecule has 1 saturated heterocycles. The third-order valence-electron chi connectivity index (χ3n) is 6.40. The van der Waals surface area contributed by atoms with Gasteiger partial charge in [-0.25, -0.2) is 9.50 Å². The minimum Gasteiger partial charge on any atom is -0.365 e. The summed E-state index contributed by atoms with van der Waals surface area (Å²) in [5, 5.41) is 4.26. The molecule has 1 aromatic carbocycles. The number of rotatable bonds is 6. The van der Waals surface area contributed by atoms with Crippen molar-refractivity contribution in [3.63, 3.8) is 0 Å². The molecule has 2 N–H and O–H groups in total. The highest BCUT2D eigenvalue weighted by molar-refractivity contribution is 5.98. The molecule has 1 aliphatic heterocycles. The maximum Gasteiger partial charge on any atom is 0.254 e. The number of hydrogen-bond donors (Lipinski definition) is 1. The number of likely N-dealkylation sites (tertiary alicyclic amines) is 1. The van der Waals surface area contributed by atoms with E-state index in [1.54, 1.807) is 4.52 Å². The molecule has 0 aliphatic carbocycles. The van der Waals surface area contributed by atoms with Gasteiger partial charge in [-0.05, 0) is 56.6 Å². The summed E-state index contributed by atoms with van der Waals surface area (Å²) in [6.07, 6.45) is 5.69. The van der Waals surface area contributed by atoms with Gasteiger partial charge in [0.1, 0.15) is 5.56 Å². The molecule has 7 nitrogen and oxygen atoms in total. The van der Waals surface area contributed by atoms with E-state index in [4.69, 9.17) is 5.73 Å². The Balaban J connectivity index is 1.36. The summed E-state index contributed by atoms with van der Waals surface area (Å²) in [5.41, 5.74) is 10.3. The topological polar surface area (TPSA) is 93.6 Å². The molecule has 0 unspecified atom stereocenters. The lowest BCUT2D eigenvalue weighted by Gasteiger charge is -2.32. The Hall–Kier alpha value is -3.22. The molecule has 0 atom stereocenters. The van der Waals surface area contributed by atoms with Gasteiger partial charge in [-0.3, -0.25) is 9.59 Å². The lowest BCUT2D eigenvalue weighted by atomic mass is 9.90. The first-order valence-corrected chi connectivity index (χ1v) is 10.9. The van der Waals surface area contributed by atoms with Crippen LogP contribution >= 0.6 is 0 Å². The summed E-state index contributed by atoms with van der Waals surface area (Å²) in [7, 11) is 0. The Morgan fingerprint density at radius 2 is 1.84 bits per heavy atom. The molecule has 1 aliphatic rings. The van der Waals surface area contributed by atoms with E-state index in [0.29, 0.717) is 30.0 Å². The number of carbonyl (C=O) groups excluding carboxylic acids is 2. The first-order valence-electron chi connectivity index (χ1n) is 10.9. The highest BCUT2D eigenvalue weighted by atomic mass is 16.2. The van der Waals surface area contributed by atoms with Crippen molar-refractivity contribution in [2.45, 2.75) is 46.0 Å². The molecule has 0 spiro atoms. The number of benzene rings is 1. The van der Waals surface area contributed by atoms with Gasteiger partial charge in [0.2, 0.25) is 5.91 Å². The van der Waals surface area contributed by atoms with Crippen LogP contribution in [-0.2, 0) is 17.6 Å². The SMILES string of the molecule is Cc1nc2c(C(N)=O)cnn2c(C)c1CCC(=O)N1CCC(Cc2ccccc2)CC1. The van der Waals surface area contributed by atoms with Crippen molar-refractivity contribution in [1.82, 2.24) is 19.5 Å². The zero-order chi connectivity index (χ0) is 22.0. The van der Waals surface area contributed by atoms with Crippen LogP contribution < -0.4 is 5.73 Å². The van der Waals surface area contributed by atoms with Crippen LogP contribution in [0.3, 0.4) is 0 Å². The molecule has 7 heteroatoms. The van der Waals surface area contributed by atoms with E-state index in [1.807, 2.05) is 24.8 Å². The highest BCUT2D eigenvalue weighted by Crippen LogP contribution is 2.23. The first kappa shape index (κ1) is 21.0. The fraction of sp³-hybridized carbons (Fsp3) is 0.417. The van der Waals surface area contributed by atoms with Gasteiger partial charge < -0.3 is 10.6 Å². The highest BCUT2D eigenvalue weighted by Gasteiger charge is 2.23. The number of amides is 2. The molecule has 3 aromatic rings. The maximum absolute atomic E-state index is 12.8. The van der Waals surface area contributed by atoms with Crippen molar-refractivity contribution in [2.75, 3.05) is 13.1 Å². The monoisotopic (exact) mass is 419 g/mol. The van der Waals surface area contributed by atoms with E-state index < -0.39 is 5.91 Å². The number of nitrogens with zero attached hydrogens (tertiary/aromatic N) is 4. The Labute approximate surface area is 182 Å². The number of primary amides is 1. The van der Waals surface area contributed by atoms with E-state index in [9.17, 15) is 9.59 Å². The smallest absolute Gasteiger partial charge is 0.254 e. The van der Waals surface area contributed by atoms with E-state index in [0.717, 1.165) is 49.3 Å². The normalized spacial score (nSPS) is 14.8. The lowest BCUT2D eigenvalue weighted by molar-refractivity contribution is -0.132. The Morgan fingerprint density at radius 1 is 1.13 bits per heavy atom. The lowest BCUT2D eigenvalue weighted by Crippen LogP contribution is -2.39. The molecule has 31 heavy (non-hydrogen) atoms. The van der Waals surface area contributed by atoms with Crippen molar-refractivity contribution in [3.05, 3.63) is 64.6 Å². The molecular weight excluding hydrogens is 390 g/mol. The van der Waals surface area contributed by atoms with Gasteiger partial charge in [0.05, 0.1) is 6.20 Å². The van der Waals surface area contributed by atoms with Crippen LogP contribution in [0.4, 0.5) is 0 Å². The van der Waals surface area contributed by atoms with E-state index in [1.165, 1.54) is 11.8 Å². The number of aromatic nitrogens is 3. The van der Waals surface area contributed by atoms with Crippen LogP contribution in [0, 0.1) is 19.8 Å². The average Bonchev–Trinajstić information content (AvgIpc) is 3.19. The van der Waals surface area contributed by atoms with Crippen molar-refractivity contribution >= 4 is 17.5 Å². The van der Waals surface area contributed by atoms with Gasteiger partial charge in [0, 0.05) is 30.9 Å². The van der Waals surface area contributed by atoms with Gasteiger partial charge in [-0.15, -0.1) is 0 Å². The number of fused-ring (bicyclic) bond motifs is 1. The maximum atomic E-state index is 12.8. The molecule has 3 heterocycles. The molecule has 4 rings (SSSR count). The Kier molecular flexibility index (Phi) is 6.02. The number of aryl methyl sites for hydroxylation is 2. The standard InChI is InChI=1S/C24H29N5O2/c1-16-20(17(2)29-24(27-16)21(15-26-29)23(25)31)8-9-22(30)28-12-10-19(11-13-28)14-18-6-4-3-5-7-18/h3-7,15,19H,8-14H2,1-2H3,(H2,25,31). The van der Waals surface area contributed by atoms with Crippen LogP contribution in [0.2, 0.25) is 0 Å². The summed E-state index contributed by atoms with van der Waals surface area (Å²) >= 11 is 0. The van der Waals surface area contributed by atoms with Crippen molar-refractivity contribution in [1.29, 1.82) is 0 Å². The zero-order valence-corrected chi connectivity index (χ0v) is 18.2. The second-order valence-electron chi connectivity index (χ2n) is 8.43. The van der Waals surface area contributed by atoms with Crippen LogP contribution in [0.1, 0.15) is 52.1 Å². The largest absolute Gasteiger partial charge is 0.365 e. The molecule has 162 valence electrons.